The summed E-state index contributed by atoms with van der Waals surface area (Å²) >= 11 is 0. The molecule has 19 heavy (non-hydrogen) atoms. The highest BCUT2D eigenvalue weighted by molar-refractivity contribution is 7.89. The summed E-state index contributed by atoms with van der Waals surface area (Å²) in [5, 5.41) is 7.84. The molecule has 1 aliphatic rings. The van der Waals surface area contributed by atoms with Crippen molar-refractivity contribution in [3.8, 4) is 0 Å². The van der Waals surface area contributed by atoms with E-state index in [2.05, 4.69) is 5.32 Å². The summed E-state index contributed by atoms with van der Waals surface area (Å²) in [6.45, 7) is 1.94. The molecule has 0 heterocycles. The predicted molar refractivity (Wildman–Crippen MR) is 73.0 cm³/mol. The fourth-order valence-corrected chi connectivity index (χ4v) is 2.97. The molecule has 0 spiro atoms. The number of primary sulfonamides is 1. The van der Waals surface area contributed by atoms with Crippen molar-refractivity contribution in [2.24, 2.45) is 10.6 Å². The number of carbonyl (C=O) groups is 1. The van der Waals surface area contributed by atoms with E-state index < -0.39 is 10.0 Å². The Kier molecular flexibility index (Phi) is 3.64. The van der Waals surface area contributed by atoms with Gasteiger partial charge in [-0.25, -0.2) is 13.6 Å². The zero-order chi connectivity index (χ0) is 14.1. The van der Waals surface area contributed by atoms with Crippen LogP contribution in [-0.2, 0) is 14.8 Å². The van der Waals surface area contributed by atoms with Gasteiger partial charge >= 0.3 is 0 Å². The maximum absolute atomic E-state index is 12.2. The summed E-state index contributed by atoms with van der Waals surface area (Å²) in [5.41, 5.74) is 0.113. The SMILES string of the molecule is CC1(C(=O)Nc2cccc(S(N)(=O)=O)c2)CCCC1. The Morgan fingerprint density at radius 2 is 1.95 bits per heavy atom. The van der Waals surface area contributed by atoms with Gasteiger partial charge in [0.1, 0.15) is 0 Å². The molecule has 0 saturated heterocycles. The second-order valence-electron chi connectivity index (χ2n) is 5.29. The summed E-state index contributed by atoms with van der Waals surface area (Å²) in [6, 6.07) is 6.01. The van der Waals surface area contributed by atoms with Crippen molar-refractivity contribution in [1.82, 2.24) is 0 Å². The molecule has 0 bridgehead atoms. The Labute approximate surface area is 113 Å². The fourth-order valence-electron chi connectivity index (χ4n) is 2.42. The van der Waals surface area contributed by atoms with Crippen molar-refractivity contribution < 1.29 is 13.2 Å². The Morgan fingerprint density at radius 1 is 1.32 bits per heavy atom. The highest BCUT2D eigenvalue weighted by atomic mass is 32.2. The van der Waals surface area contributed by atoms with Crippen molar-refractivity contribution >= 4 is 21.6 Å². The van der Waals surface area contributed by atoms with E-state index in [-0.39, 0.29) is 16.2 Å². The molecule has 3 N–H and O–H groups in total. The lowest BCUT2D eigenvalue weighted by atomic mass is 9.88. The highest BCUT2D eigenvalue weighted by Crippen LogP contribution is 2.38. The molecule has 1 aromatic rings. The molecule has 1 aromatic carbocycles. The van der Waals surface area contributed by atoms with E-state index in [0.29, 0.717) is 5.69 Å². The van der Waals surface area contributed by atoms with E-state index in [1.54, 1.807) is 12.1 Å². The first kappa shape index (κ1) is 14.0. The molecule has 1 fully saturated rings. The molecule has 1 aliphatic carbocycles. The highest BCUT2D eigenvalue weighted by Gasteiger charge is 2.36. The lowest BCUT2D eigenvalue weighted by Gasteiger charge is -2.22. The van der Waals surface area contributed by atoms with Gasteiger partial charge in [-0.05, 0) is 31.0 Å². The molecule has 0 atom stereocenters. The number of hydrogen-bond donors (Lipinski definition) is 2. The number of carbonyl (C=O) groups excluding carboxylic acids is 1. The Hall–Kier alpha value is -1.40. The Balaban J connectivity index is 2.18. The van der Waals surface area contributed by atoms with Gasteiger partial charge in [-0.3, -0.25) is 4.79 Å². The second-order valence-corrected chi connectivity index (χ2v) is 6.86. The van der Waals surface area contributed by atoms with E-state index >= 15 is 0 Å². The number of benzene rings is 1. The standard InChI is InChI=1S/C13H18N2O3S/c1-13(7-2-3-8-13)12(16)15-10-5-4-6-11(9-10)19(14,17)18/h4-6,9H,2-3,7-8H2,1H3,(H,15,16)(H2,14,17,18). The van der Waals surface area contributed by atoms with Crippen LogP contribution in [0.5, 0.6) is 0 Å². The number of anilines is 1. The fraction of sp³-hybridized carbons (Fsp3) is 0.462. The molecule has 1 amide bonds. The maximum Gasteiger partial charge on any atom is 0.238 e. The first-order valence-electron chi connectivity index (χ1n) is 6.26. The molecule has 0 unspecified atom stereocenters. The molecule has 6 heteroatoms. The van der Waals surface area contributed by atoms with Gasteiger partial charge in [0.25, 0.3) is 0 Å². The largest absolute Gasteiger partial charge is 0.326 e. The van der Waals surface area contributed by atoms with E-state index in [4.69, 9.17) is 5.14 Å². The van der Waals surface area contributed by atoms with Crippen molar-refractivity contribution in [3.05, 3.63) is 24.3 Å². The predicted octanol–water partition coefficient (Wildman–Crippen LogP) is 1.85. The first-order chi connectivity index (χ1) is 8.81. The van der Waals surface area contributed by atoms with Crippen LogP contribution in [0.25, 0.3) is 0 Å². The number of rotatable bonds is 3. The summed E-state index contributed by atoms with van der Waals surface area (Å²) in [7, 11) is -3.75. The third kappa shape index (κ3) is 3.13. The number of nitrogens with two attached hydrogens (primary N) is 1. The molecular weight excluding hydrogens is 264 g/mol. The topological polar surface area (TPSA) is 89.3 Å². The minimum Gasteiger partial charge on any atom is -0.326 e. The molecule has 0 aromatic heterocycles. The first-order valence-corrected chi connectivity index (χ1v) is 7.80. The normalized spacial score (nSPS) is 18.2. The van der Waals surface area contributed by atoms with Crippen LogP contribution in [0.2, 0.25) is 0 Å². The number of amides is 1. The van der Waals surface area contributed by atoms with Crippen molar-refractivity contribution in [2.45, 2.75) is 37.5 Å². The lowest BCUT2D eigenvalue weighted by molar-refractivity contribution is -0.124. The van der Waals surface area contributed by atoms with Crippen molar-refractivity contribution in [1.29, 1.82) is 0 Å². The smallest absolute Gasteiger partial charge is 0.238 e. The van der Waals surface area contributed by atoms with Gasteiger partial charge in [-0.15, -0.1) is 0 Å². The quantitative estimate of drug-likeness (QED) is 0.886. The second kappa shape index (κ2) is 4.94. The van der Waals surface area contributed by atoms with Gasteiger partial charge in [-0.1, -0.05) is 25.8 Å². The van der Waals surface area contributed by atoms with Crippen LogP contribution in [0, 0.1) is 5.41 Å². The van der Waals surface area contributed by atoms with Crippen LogP contribution in [0.4, 0.5) is 5.69 Å². The zero-order valence-corrected chi connectivity index (χ0v) is 11.7. The average molecular weight is 282 g/mol. The van der Waals surface area contributed by atoms with Gasteiger partial charge in [0.2, 0.25) is 15.9 Å². The van der Waals surface area contributed by atoms with Gasteiger partial charge in [0, 0.05) is 11.1 Å². The molecule has 1 saturated carbocycles. The van der Waals surface area contributed by atoms with Gasteiger partial charge in [0.15, 0.2) is 0 Å². The van der Waals surface area contributed by atoms with E-state index in [9.17, 15) is 13.2 Å². The summed E-state index contributed by atoms with van der Waals surface area (Å²) in [5.74, 6) is -0.0587. The molecule has 5 nitrogen and oxygen atoms in total. The lowest BCUT2D eigenvalue weighted by Crippen LogP contribution is -2.30. The number of nitrogens with one attached hydrogen (secondary N) is 1. The molecule has 0 radical (unpaired) electrons. The number of hydrogen-bond acceptors (Lipinski definition) is 3. The third-order valence-electron chi connectivity index (χ3n) is 3.68. The van der Waals surface area contributed by atoms with Gasteiger partial charge < -0.3 is 5.32 Å². The van der Waals surface area contributed by atoms with E-state index in [0.717, 1.165) is 25.7 Å². The van der Waals surface area contributed by atoms with Gasteiger partial charge in [-0.2, -0.15) is 0 Å². The maximum atomic E-state index is 12.2. The van der Waals surface area contributed by atoms with Crippen molar-refractivity contribution in [3.63, 3.8) is 0 Å². The number of sulfonamides is 1. The Bertz CT molecular complexity index is 590. The summed E-state index contributed by atoms with van der Waals surface area (Å²) in [6.07, 6.45) is 3.85. The van der Waals surface area contributed by atoms with E-state index in [1.165, 1.54) is 12.1 Å². The monoisotopic (exact) mass is 282 g/mol. The zero-order valence-electron chi connectivity index (χ0n) is 10.8. The van der Waals surface area contributed by atoms with Crippen molar-refractivity contribution in [2.75, 3.05) is 5.32 Å². The molecule has 104 valence electrons. The van der Waals surface area contributed by atoms with Crippen LogP contribution < -0.4 is 10.5 Å². The van der Waals surface area contributed by atoms with Crippen LogP contribution >= 0.6 is 0 Å². The van der Waals surface area contributed by atoms with Crippen LogP contribution in [0.3, 0.4) is 0 Å². The summed E-state index contributed by atoms with van der Waals surface area (Å²) in [4.78, 5) is 12.2. The molecule has 0 aliphatic heterocycles. The minimum absolute atomic E-state index is 0.00174. The van der Waals surface area contributed by atoms with Crippen LogP contribution in [0.15, 0.2) is 29.2 Å². The molecule has 2 rings (SSSR count). The van der Waals surface area contributed by atoms with Crippen LogP contribution in [-0.4, -0.2) is 14.3 Å². The minimum atomic E-state index is -3.75. The van der Waals surface area contributed by atoms with Crippen LogP contribution in [0.1, 0.15) is 32.6 Å². The Morgan fingerprint density at radius 3 is 2.53 bits per heavy atom. The summed E-state index contributed by atoms with van der Waals surface area (Å²) < 4.78 is 22.5. The van der Waals surface area contributed by atoms with E-state index in [1.807, 2.05) is 6.92 Å². The van der Waals surface area contributed by atoms with Gasteiger partial charge in [0.05, 0.1) is 4.90 Å². The average Bonchev–Trinajstić information content (AvgIpc) is 2.77. The third-order valence-corrected chi connectivity index (χ3v) is 4.59. The molecular formula is C13H18N2O3S.